The number of nitrogens with one attached hydrogen (secondary N) is 1. The predicted molar refractivity (Wildman–Crippen MR) is 73.9 cm³/mol. The molecule has 2 aromatic rings. The fraction of sp³-hybridized carbons (Fsp3) is 0.286. The zero-order valence-corrected chi connectivity index (χ0v) is 11.0. The van der Waals surface area contributed by atoms with Gasteiger partial charge in [0.1, 0.15) is 0 Å². The zero-order valence-electron chi connectivity index (χ0n) is 11.0. The molecular formula is C14H18N4O. The second-order valence-electron chi connectivity index (χ2n) is 4.46. The van der Waals surface area contributed by atoms with E-state index in [1.807, 2.05) is 42.3 Å². The highest BCUT2D eigenvalue weighted by molar-refractivity contribution is 5.92. The molecule has 2 rings (SSSR count). The summed E-state index contributed by atoms with van der Waals surface area (Å²) in [5.74, 6) is -0.401. The van der Waals surface area contributed by atoms with Crippen LogP contribution in [0.1, 0.15) is 21.6 Å². The molecule has 100 valence electrons. The van der Waals surface area contributed by atoms with Gasteiger partial charge in [-0.25, -0.2) is 4.98 Å². The highest BCUT2D eigenvalue weighted by Crippen LogP contribution is 2.08. The lowest BCUT2D eigenvalue weighted by Crippen LogP contribution is -2.11. The average molecular weight is 258 g/mol. The SMILES string of the molecule is CNCCc1cn(Cc2cccc(C(N)=O)c2)cn1. The monoisotopic (exact) mass is 258 g/mol. The van der Waals surface area contributed by atoms with Gasteiger partial charge in [-0.2, -0.15) is 0 Å². The summed E-state index contributed by atoms with van der Waals surface area (Å²) in [6, 6.07) is 7.35. The number of rotatable bonds is 6. The van der Waals surface area contributed by atoms with Gasteiger partial charge in [-0.3, -0.25) is 4.79 Å². The number of likely N-dealkylation sites (N-methyl/N-ethyl adjacent to an activating group) is 1. The van der Waals surface area contributed by atoms with Crippen LogP contribution < -0.4 is 11.1 Å². The standard InChI is InChI=1S/C14H18N4O/c1-16-6-5-13-9-18(10-17-13)8-11-3-2-4-12(7-11)14(15)19/h2-4,7,9-10,16H,5-6,8H2,1H3,(H2,15,19). The fourth-order valence-corrected chi connectivity index (χ4v) is 1.91. The molecule has 1 aromatic carbocycles. The van der Waals surface area contributed by atoms with Gasteiger partial charge in [0, 0.05) is 31.3 Å². The minimum absolute atomic E-state index is 0.401. The highest BCUT2D eigenvalue weighted by Gasteiger charge is 2.03. The van der Waals surface area contributed by atoms with Crippen molar-refractivity contribution in [2.45, 2.75) is 13.0 Å². The topological polar surface area (TPSA) is 72.9 Å². The summed E-state index contributed by atoms with van der Waals surface area (Å²) in [6.07, 6.45) is 4.74. The van der Waals surface area contributed by atoms with Crippen molar-refractivity contribution < 1.29 is 4.79 Å². The number of amides is 1. The minimum Gasteiger partial charge on any atom is -0.366 e. The van der Waals surface area contributed by atoms with Crippen molar-refractivity contribution in [3.63, 3.8) is 0 Å². The van der Waals surface area contributed by atoms with Gasteiger partial charge in [0.25, 0.3) is 0 Å². The minimum atomic E-state index is -0.401. The van der Waals surface area contributed by atoms with Crippen molar-refractivity contribution in [1.82, 2.24) is 14.9 Å². The molecule has 0 bridgehead atoms. The third-order valence-electron chi connectivity index (χ3n) is 2.89. The third-order valence-corrected chi connectivity index (χ3v) is 2.89. The van der Waals surface area contributed by atoms with E-state index in [0.29, 0.717) is 12.1 Å². The van der Waals surface area contributed by atoms with E-state index in [-0.39, 0.29) is 0 Å². The molecule has 1 aromatic heterocycles. The maximum absolute atomic E-state index is 11.1. The van der Waals surface area contributed by atoms with Crippen LogP contribution in [0.2, 0.25) is 0 Å². The van der Waals surface area contributed by atoms with E-state index in [4.69, 9.17) is 5.73 Å². The van der Waals surface area contributed by atoms with Gasteiger partial charge < -0.3 is 15.6 Å². The van der Waals surface area contributed by atoms with Crippen molar-refractivity contribution in [1.29, 1.82) is 0 Å². The largest absolute Gasteiger partial charge is 0.366 e. The second kappa shape index (κ2) is 6.15. The van der Waals surface area contributed by atoms with Gasteiger partial charge >= 0.3 is 0 Å². The Morgan fingerprint density at radius 2 is 2.32 bits per heavy atom. The number of nitrogens with zero attached hydrogens (tertiary/aromatic N) is 2. The van der Waals surface area contributed by atoms with Crippen LogP contribution in [-0.4, -0.2) is 29.1 Å². The van der Waals surface area contributed by atoms with Crippen LogP contribution in [0.4, 0.5) is 0 Å². The van der Waals surface area contributed by atoms with E-state index < -0.39 is 5.91 Å². The maximum atomic E-state index is 11.1. The number of hydrogen-bond acceptors (Lipinski definition) is 3. The molecule has 0 unspecified atom stereocenters. The maximum Gasteiger partial charge on any atom is 0.248 e. The summed E-state index contributed by atoms with van der Waals surface area (Å²) in [6.45, 7) is 1.60. The van der Waals surface area contributed by atoms with Gasteiger partial charge in [-0.15, -0.1) is 0 Å². The molecule has 0 aliphatic rings. The Balaban J connectivity index is 2.06. The van der Waals surface area contributed by atoms with Crippen molar-refractivity contribution >= 4 is 5.91 Å². The highest BCUT2D eigenvalue weighted by atomic mass is 16.1. The summed E-state index contributed by atoms with van der Waals surface area (Å²) in [5.41, 5.74) is 7.90. The van der Waals surface area contributed by atoms with Crippen molar-refractivity contribution in [2.24, 2.45) is 5.73 Å². The number of carbonyl (C=O) groups excluding carboxylic acids is 1. The lowest BCUT2D eigenvalue weighted by atomic mass is 10.1. The Bertz CT molecular complexity index is 562. The number of hydrogen-bond donors (Lipinski definition) is 2. The number of imidazole rings is 1. The Morgan fingerprint density at radius 1 is 1.47 bits per heavy atom. The molecule has 1 amide bonds. The van der Waals surface area contributed by atoms with Gasteiger partial charge in [0.15, 0.2) is 0 Å². The summed E-state index contributed by atoms with van der Waals surface area (Å²) in [5, 5.41) is 3.09. The van der Waals surface area contributed by atoms with Crippen LogP contribution in [0, 0.1) is 0 Å². The van der Waals surface area contributed by atoms with Gasteiger partial charge in [-0.05, 0) is 24.7 Å². The first kappa shape index (κ1) is 13.3. The Hall–Kier alpha value is -2.14. The van der Waals surface area contributed by atoms with Crippen LogP contribution in [0.5, 0.6) is 0 Å². The van der Waals surface area contributed by atoms with Crippen molar-refractivity contribution in [3.8, 4) is 0 Å². The van der Waals surface area contributed by atoms with Gasteiger partial charge in [0.2, 0.25) is 5.91 Å². The lowest BCUT2D eigenvalue weighted by molar-refractivity contribution is 0.1000. The van der Waals surface area contributed by atoms with Crippen molar-refractivity contribution in [2.75, 3.05) is 13.6 Å². The molecule has 0 saturated carbocycles. The zero-order chi connectivity index (χ0) is 13.7. The molecule has 0 saturated heterocycles. The first-order chi connectivity index (χ1) is 9.19. The van der Waals surface area contributed by atoms with Crippen LogP contribution in [0.15, 0.2) is 36.8 Å². The molecule has 5 nitrogen and oxygen atoms in total. The Kier molecular flexibility index (Phi) is 4.30. The molecule has 3 N–H and O–H groups in total. The molecule has 0 fully saturated rings. The average Bonchev–Trinajstić information content (AvgIpc) is 2.84. The number of primary amides is 1. The molecular weight excluding hydrogens is 240 g/mol. The number of aromatic nitrogens is 2. The normalized spacial score (nSPS) is 10.6. The second-order valence-corrected chi connectivity index (χ2v) is 4.46. The van der Waals surface area contributed by atoms with Crippen molar-refractivity contribution in [3.05, 3.63) is 53.6 Å². The third kappa shape index (κ3) is 3.66. The lowest BCUT2D eigenvalue weighted by Gasteiger charge is -2.04. The first-order valence-corrected chi connectivity index (χ1v) is 6.23. The van der Waals surface area contributed by atoms with Crippen LogP contribution >= 0.6 is 0 Å². The summed E-state index contributed by atoms with van der Waals surface area (Å²) in [7, 11) is 1.92. The van der Waals surface area contributed by atoms with Crippen LogP contribution in [0.3, 0.4) is 0 Å². The van der Waals surface area contributed by atoms with Gasteiger partial charge in [0.05, 0.1) is 12.0 Å². The fourth-order valence-electron chi connectivity index (χ4n) is 1.91. The van der Waals surface area contributed by atoms with E-state index >= 15 is 0 Å². The molecule has 0 aliphatic carbocycles. The summed E-state index contributed by atoms with van der Waals surface area (Å²) >= 11 is 0. The number of benzene rings is 1. The van der Waals surface area contributed by atoms with E-state index in [0.717, 1.165) is 24.2 Å². The number of carbonyl (C=O) groups is 1. The molecule has 0 radical (unpaired) electrons. The summed E-state index contributed by atoms with van der Waals surface area (Å²) < 4.78 is 2.01. The van der Waals surface area contributed by atoms with E-state index in [1.165, 1.54) is 0 Å². The van der Waals surface area contributed by atoms with Crippen LogP contribution in [0.25, 0.3) is 0 Å². The molecule has 0 aliphatic heterocycles. The molecule has 0 spiro atoms. The van der Waals surface area contributed by atoms with E-state index in [2.05, 4.69) is 10.3 Å². The van der Waals surface area contributed by atoms with Gasteiger partial charge in [-0.1, -0.05) is 12.1 Å². The summed E-state index contributed by atoms with van der Waals surface area (Å²) in [4.78, 5) is 15.5. The smallest absolute Gasteiger partial charge is 0.248 e. The van der Waals surface area contributed by atoms with E-state index in [1.54, 1.807) is 6.07 Å². The molecule has 5 heteroatoms. The predicted octanol–water partition coefficient (Wildman–Crippen LogP) is 0.792. The molecule has 1 heterocycles. The van der Waals surface area contributed by atoms with Crippen LogP contribution in [-0.2, 0) is 13.0 Å². The Labute approximate surface area is 112 Å². The molecule has 0 atom stereocenters. The number of nitrogens with two attached hydrogens (primary N) is 1. The van der Waals surface area contributed by atoms with E-state index in [9.17, 15) is 4.79 Å². The first-order valence-electron chi connectivity index (χ1n) is 6.23. The quantitative estimate of drug-likeness (QED) is 0.804. The molecule has 19 heavy (non-hydrogen) atoms. The Morgan fingerprint density at radius 3 is 3.05 bits per heavy atom.